The van der Waals surface area contributed by atoms with Crippen LogP contribution in [-0.2, 0) is 0 Å². The summed E-state index contributed by atoms with van der Waals surface area (Å²) in [5, 5.41) is 17.9. The summed E-state index contributed by atoms with van der Waals surface area (Å²) in [6, 6.07) is 7.86. The summed E-state index contributed by atoms with van der Waals surface area (Å²) in [6.45, 7) is 5.98. The fourth-order valence-corrected chi connectivity index (χ4v) is 3.87. The minimum atomic E-state index is -0.302. The lowest BCUT2D eigenvalue weighted by Gasteiger charge is -2.18. The van der Waals surface area contributed by atoms with Gasteiger partial charge >= 0.3 is 0 Å². The number of aryl methyl sites for hydroxylation is 1. The lowest BCUT2D eigenvalue weighted by atomic mass is 10.1. The third kappa shape index (κ3) is 4.10. The standard InChI is InChI=1S/C22H27N5O2/c1-13(2)27-9-7-15-11-19(25-18-10-14(3)6-8-23-18)26-21(20(15)22(27)29)24-16-4-5-17(28)12-16/h6-11,13,16-17,28H,4-5,12H2,1-3H3,(H2,23,24,25,26). The van der Waals surface area contributed by atoms with Crippen LogP contribution in [-0.4, -0.2) is 31.8 Å². The van der Waals surface area contributed by atoms with Crippen molar-refractivity contribution in [2.24, 2.45) is 0 Å². The van der Waals surface area contributed by atoms with Crippen LogP contribution < -0.4 is 16.2 Å². The zero-order valence-corrected chi connectivity index (χ0v) is 17.0. The highest BCUT2D eigenvalue weighted by Crippen LogP contribution is 2.28. The summed E-state index contributed by atoms with van der Waals surface area (Å²) in [4.78, 5) is 22.2. The molecule has 0 aromatic carbocycles. The van der Waals surface area contributed by atoms with Gasteiger partial charge in [-0.1, -0.05) is 0 Å². The topological polar surface area (TPSA) is 92.1 Å². The molecule has 1 aliphatic rings. The van der Waals surface area contributed by atoms with Crippen LogP contribution >= 0.6 is 0 Å². The van der Waals surface area contributed by atoms with Crippen LogP contribution in [0.25, 0.3) is 10.8 Å². The molecule has 3 aromatic rings. The lowest BCUT2D eigenvalue weighted by Crippen LogP contribution is -2.24. The van der Waals surface area contributed by atoms with Crippen LogP contribution in [0.15, 0.2) is 41.5 Å². The Morgan fingerprint density at radius 2 is 2.03 bits per heavy atom. The Bertz CT molecular complexity index is 1090. The molecule has 7 nitrogen and oxygen atoms in total. The summed E-state index contributed by atoms with van der Waals surface area (Å²) < 4.78 is 1.72. The van der Waals surface area contributed by atoms with Gasteiger partial charge in [-0.15, -0.1) is 0 Å². The van der Waals surface area contributed by atoms with Gasteiger partial charge in [-0.25, -0.2) is 9.97 Å². The normalized spacial score (nSPS) is 19.1. The van der Waals surface area contributed by atoms with E-state index in [0.717, 1.165) is 23.8 Å². The monoisotopic (exact) mass is 393 g/mol. The van der Waals surface area contributed by atoms with E-state index in [1.54, 1.807) is 10.8 Å². The van der Waals surface area contributed by atoms with Crippen molar-refractivity contribution in [2.45, 2.75) is 58.2 Å². The van der Waals surface area contributed by atoms with Crippen LogP contribution in [0.1, 0.15) is 44.7 Å². The molecule has 0 radical (unpaired) electrons. The van der Waals surface area contributed by atoms with E-state index < -0.39 is 0 Å². The van der Waals surface area contributed by atoms with Crippen LogP contribution in [0.2, 0.25) is 0 Å². The summed E-state index contributed by atoms with van der Waals surface area (Å²) in [6.07, 6.45) is 5.55. The second kappa shape index (κ2) is 7.83. The van der Waals surface area contributed by atoms with E-state index >= 15 is 0 Å². The first-order valence-electron chi connectivity index (χ1n) is 10.1. The van der Waals surface area contributed by atoms with Gasteiger partial charge in [-0.05, 0) is 75.2 Å². The number of hydrogen-bond donors (Lipinski definition) is 3. The maximum Gasteiger partial charge on any atom is 0.262 e. The number of pyridine rings is 3. The number of fused-ring (bicyclic) bond motifs is 1. The smallest absolute Gasteiger partial charge is 0.262 e. The minimum Gasteiger partial charge on any atom is -0.393 e. The zero-order chi connectivity index (χ0) is 20.5. The molecule has 0 saturated heterocycles. The van der Waals surface area contributed by atoms with Gasteiger partial charge in [-0.2, -0.15) is 0 Å². The van der Waals surface area contributed by atoms with Gasteiger partial charge in [0.1, 0.15) is 17.5 Å². The third-order valence-electron chi connectivity index (χ3n) is 5.39. The van der Waals surface area contributed by atoms with E-state index in [0.29, 0.717) is 29.3 Å². The fourth-order valence-electron chi connectivity index (χ4n) is 3.87. The Hall–Kier alpha value is -2.93. The quantitative estimate of drug-likeness (QED) is 0.611. The van der Waals surface area contributed by atoms with Gasteiger partial charge < -0.3 is 20.3 Å². The molecule has 2 atom stereocenters. The number of aliphatic hydroxyl groups is 1. The van der Waals surface area contributed by atoms with Gasteiger partial charge in [-0.3, -0.25) is 4.79 Å². The number of hydrogen-bond acceptors (Lipinski definition) is 6. The molecule has 0 amide bonds. The van der Waals surface area contributed by atoms with Gasteiger partial charge in [0.15, 0.2) is 0 Å². The maximum absolute atomic E-state index is 13.1. The Morgan fingerprint density at radius 3 is 2.72 bits per heavy atom. The van der Waals surface area contributed by atoms with Crippen molar-refractivity contribution in [3.63, 3.8) is 0 Å². The largest absolute Gasteiger partial charge is 0.393 e. The molecule has 0 spiro atoms. The predicted molar refractivity (Wildman–Crippen MR) is 116 cm³/mol. The predicted octanol–water partition coefficient (Wildman–Crippen LogP) is 3.75. The number of rotatable bonds is 5. The number of nitrogens with one attached hydrogen (secondary N) is 2. The summed E-state index contributed by atoms with van der Waals surface area (Å²) in [7, 11) is 0. The average Bonchev–Trinajstić information content (AvgIpc) is 3.06. The first kappa shape index (κ1) is 19.4. The minimum absolute atomic E-state index is 0.0577. The van der Waals surface area contributed by atoms with Crippen LogP contribution in [0, 0.1) is 6.92 Å². The molecular weight excluding hydrogens is 366 g/mol. The Morgan fingerprint density at radius 1 is 1.21 bits per heavy atom. The van der Waals surface area contributed by atoms with E-state index in [9.17, 15) is 9.90 Å². The van der Waals surface area contributed by atoms with Crippen LogP contribution in [0.4, 0.5) is 17.5 Å². The van der Waals surface area contributed by atoms with Crippen molar-refractivity contribution in [3.05, 3.63) is 52.6 Å². The SMILES string of the molecule is Cc1ccnc(Nc2cc3ccn(C(C)C)c(=O)c3c(NC3CCC(O)C3)n2)c1. The highest BCUT2D eigenvalue weighted by molar-refractivity contribution is 5.93. The lowest BCUT2D eigenvalue weighted by molar-refractivity contribution is 0.182. The Labute approximate surface area is 169 Å². The summed E-state index contributed by atoms with van der Waals surface area (Å²) in [5.74, 6) is 1.88. The van der Waals surface area contributed by atoms with Gasteiger partial charge in [0, 0.05) is 24.5 Å². The molecule has 0 aliphatic heterocycles. The molecule has 152 valence electrons. The Kier molecular flexibility index (Phi) is 5.24. The molecule has 4 rings (SSSR count). The molecular formula is C22H27N5O2. The van der Waals surface area contributed by atoms with Crippen molar-refractivity contribution < 1.29 is 5.11 Å². The number of aromatic nitrogens is 3. The van der Waals surface area contributed by atoms with Crippen molar-refractivity contribution in [2.75, 3.05) is 10.6 Å². The fraction of sp³-hybridized carbons (Fsp3) is 0.409. The number of nitrogens with zero attached hydrogens (tertiary/aromatic N) is 3. The van der Waals surface area contributed by atoms with Gasteiger partial charge in [0.2, 0.25) is 0 Å². The molecule has 1 aliphatic carbocycles. The highest BCUT2D eigenvalue weighted by Gasteiger charge is 2.24. The molecule has 1 fully saturated rings. The highest BCUT2D eigenvalue weighted by atomic mass is 16.3. The summed E-state index contributed by atoms with van der Waals surface area (Å²) in [5.41, 5.74) is 1.03. The van der Waals surface area contributed by atoms with Gasteiger partial charge in [0.05, 0.1) is 11.5 Å². The van der Waals surface area contributed by atoms with Crippen molar-refractivity contribution >= 4 is 28.2 Å². The van der Waals surface area contributed by atoms with E-state index in [4.69, 9.17) is 4.98 Å². The molecule has 3 heterocycles. The molecule has 2 unspecified atom stereocenters. The van der Waals surface area contributed by atoms with Crippen molar-refractivity contribution in [1.82, 2.24) is 14.5 Å². The summed E-state index contributed by atoms with van der Waals surface area (Å²) >= 11 is 0. The average molecular weight is 393 g/mol. The molecule has 7 heteroatoms. The Balaban J connectivity index is 1.80. The van der Waals surface area contributed by atoms with Crippen molar-refractivity contribution in [3.8, 4) is 0 Å². The van der Waals surface area contributed by atoms with Crippen LogP contribution in [0.3, 0.4) is 0 Å². The second-order valence-electron chi connectivity index (χ2n) is 8.09. The van der Waals surface area contributed by atoms with E-state index in [2.05, 4.69) is 15.6 Å². The molecule has 3 aromatic heterocycles. The first-order valence-corrected chi connectivity index (χ1v) is 10.1. The van der Waals surface area contributed by atoms with E-state index in [1.807, 2.05) is 51.2 Å². The van der Waals surface area contributed by atoms with E-state index in [1.165, 1.54) is 0 Å². The third-order valence-corrected chi connectivity index (χ3v) is 5.39. The molecule has 29 heavy (non-hydrogen) atoms. The zero-order valence-electron chi connectivity index (χ0n) is 17.0. The number of aliphatic hydroxyl groups excluding tert-OH is 1. The van der Waals surface area contributed by atoms with Crippen molar-refractivity contribution in [1.29, 1.82) is 0 Å². The van der Waals surface area contributed by atoms with E-state index in [-0.39, 0.29) is 23.7 Å². The van der Waals surface area contributed by atoms with Gasteiger partial charge in [0.25, 0.3) is 5.56 Å². The first-order chi connectivity index (χ1) is 13.9. The molecule has 3 N–H and O–H groups in total. The molecule has 1 saturated carbocycles. The maximum atomic E-state index is 13.1. The molecule has 0 bridgehead atoms. The number of anilines is 3. The van der Waals surface area contributed by atoms with Crippen LogP contribution in [0.5, 0.6) is 0 Å². The second-order valence-corrected chi connectivity index (χ2v) is 8.09.